The summed E-state index contributed by atoms with van der Waals surface area (Å²) in [5.41, 5.74) is 4.99. The van der Waals surface area contributed by atoms with Gasteiger partial charge in [-0.1, -0.05) is 30.3 Å². The Bertz CT molecular complexity index is 1300. The number of hydrogen-bond donors (Lipinski definition) is 3. The number of carbonyl (C=O) groups is 1. The van der Waals surface area contributed by atoms with E-state index in [0.717, 1.165) is 70.9 Å². The summed E-state index contributed by atoms with van der Waals surface area (Å²) in [7, 11) is 0. The first-order chi connectivity index (χ1) is 17.1. The Morgan fingerprint density at radius 2 is 2.09 bits per heavy atom. The topological polar surface area (TPSA) is 82.4 Å². The van der Waals surface area contributed by atoms with Gasteiger partial charge in [0.2, 0.25) is 0 Å². The van der Waals surface area contributed by atoms with E-state index in [0.29, 0.717) is 6.54 Å². The third kappa shape index (κ3) is 5.24. The number of benzene rings is 2. The molecule has 3 N–H and O–H groups in total. The van der Waals surface area contributed by atoms with Crippen molar-refractivity contribution in [2.45, 2.75) is 45.4 Å². The van der Waals surface area contributed by atoms with Gasteiger partial charge in [0.15, 0.2) is 0 Å². The monoisotopic (exact) mass is 489 g/mol. The molecule has 1 aliphatic heterocycles. The molecule has 4 aromatic rings. The van der Waals surface area contributed by atoms with E-state index in [9.17, 15) is 9.90 Å². The molecule has 0 aliphatic carbocycles. The number of amides is 2. The average molecular weight is 490 g/mol. The third-order valence-electron chi connectivity index (χ3n) is 6.64. The number of aryl methyl sites for hydroxylation is 1. The summed E-state index contributed by atoms with van der Waals surface area (Å²) in [6.45, 7) is 5.36. The van der Waals surface area contributed by atoms with E-state index in [1.165, 1.54) is 0 Å². The second-order valence-corrected chi connectivity index (χ2v) is 9.81. The fraction of sp³-hybridized carbons (Fsp3) is 0.333. The maximum Gasteiger partial charge on any atom is 0.319 e. The predicted molar refractivity (Wildman–Crippen MR) is 142 cm³/mol. The van der Waals surface area contributed by atoms with Crippen LogP contribution in [0.1, 0.15) is 31.0 Å². The van der Waals surface area contributed by atoms with Crippen LogP contribution < -0.4 is 10.6 Å². The van der Waals surface area contributed by atoms with Crippen LogP contribution in [0.15, 0.2) is 60.1 Å². The van der Waals surface area contributed by atoms with Crippen molar-refractivity contribution < 1.29 is 9.90 Å². The van der Waals surface area contributed by atoms with Crippen molar-refractivity contribution in [1.82, 2.24) is 19.8 Å². The molecule has 182 valence electrons. The molecule has 5 rings (SSSR count). The lowest BCUT2D eigenvalue weighted by molar-refractivity contribution is 0.152. The highest BCUT2D eigenvalue weighted by Gasteiger charge is 2.24. The fourth-order valence-corrected chi connectivity index (χ4v) is 5.57. The molecule has 2 aromatic carbocycles. The van der Waals surface area contributed by atoms with E-state index >= 15 is 0 Å². The number of rotatable bonds is 8. The van der Waals surface area contributed by atoms with Crippen molar-refractivity contribution in [1.29, 1.82) is 0 Å². The zero-order valence-electron chi connectivity index (χ0n) is 19.9. The highest BCUT2D eigenvalue weighted by molar-refractivity contribution is 7.13. The zero-order chi connectivity index (χ0) is 24.2. The molecule has 8 heteroatoms. The van der Waals surface area contributed by atoms with E-state index < -0.39 is 0 Å². The van der Waals surface area contributed by atoms with E-state index in [1.54, 1.807) is 11.3 Å². The number of aliphatic hydroxyl groups is 1. The molecular weight excluding hydrogens is 458 g/mol. The Balaban J connectivity index is 1.34. The molecule has 1 aliphatic rings. The third-order valence-corrected chi connectivity index (χ3v) is 7.58. The first-order valence-corrected chi connectivity index (χ1v) is 13.0. The van der Waals surface area contributed by atoms with Crippen LogP contribution >= 0.6 is 11.3 Å². The molecule has 0 unspecified atom stereocenters. The van der Waals surface area contributed by atoms with Crippen LogP contribution in [0.2, 0.25) is 0 Å². The second-order valence-electron chi connectivity index (χ2n) is 8.95. The second kappa shape index (κ2) is 10.6. The zero-order valence-corrected chi connectivity index (χ0v) is 20.7. The lowest BCUT2D eigenvalue weighted by Gasteiger charge is -2.21. The minimum atomic E-state index is -0.227. The Morgan fingerprint density at radius 3 is 2.89 bits per heavy atom. The predicted octanol–water partition coefficient (Wildman–Crippen LogP) is 5.06. The van der Waals surface area contributed by atoms with E-state index in [-0.39, 0.29) is 18.7 Å². The minimum absolute atomic E-state index is 0.205. The van der Waals surface area contributed by atoms with Gasteiger partial charge in [-0.05, 0) is 50.1 Å². The van der Waals surface area contributed by atoms with Crippen molar-refractivity contribution >= 4 is 34.0 Å². The van der Waals surface area contributed by atoms with Gasteiger partial charge in [0.25, 0.3) is 0 Å². The lowest BCUT2D eigenvalue weighted by atomic mass is 10.1. The van der Waals surface area contributed by atoms with Gasteiger partial charge in [-0.3, -0.25) is 4.90 Å². The molecule has 7 nitrogen and oxygen atoms in total. The number of likely N-dealkylation sites (tertiary alicyclic amines) is 1. The number of fused-ring (bicyclic) bond motifs is 1. The summed E-state index contributed by atoms with van der Waals surface area (Å²) in [6, 6.07) is 16.2. The van der Waals surface area contributed by atoms with Crippen molar-refractivity contribution in [3.8, 4) is 10.6 Å². The standard InChI is InChI=1S/C27H31N5O2S/c1-2-31-16-24(30-27(34)28-14-19-7-4-3-5-8-19)23-13-20(10-11-25(23)31)26-29-21(18-35-26)15-32-12-6-9-22(32)17-33/h3-5,7-8,10-11,13,16,18,22,33H,2,6,9,12,14-15,17H2,1H3,(H2,28,30,34)/t22-/m0/s1. The largest absolute Gasteiger partial charge is 0.395 e. The molecule has 1 atom stereocenters. The Morgan fingerprint density at radius 1 is 1.23 bits per heavy atom. The van der Waals surface area contributed by atoms with Crippen LogP contribution in [0.25, 0.3) is 21.5 Å². The minimum Gasteiger partial charge on any atom is -0.395 e. The molecule has 1 saturated heterocycles. The van der Waals surface area contributed by atoms with Gasteiger partial charge in [0.05, 0.1) is 23.5 Å². The molecule has 35 heavy (non-hydrogen) atoms. The molecule has 3 heterocycles. The summed E-state index contributed by atoms with van der Waals surface area (Å²) in [6.07, 6.45) is 4.17. The van der Waals surface area contributed by atoms with Crippen molar-refractivity contribution in [2.75, 3.05) is 18.5 Å². The van der Waals surface area contributed by atoms with Crippen LogP contribution in [0.3, 0.4) is 0 Å². The maximum absolute atomic E-state index is 12.6. The first kappa shape index (κ1) is 23.5. The quantitative estimate of drug-likeness (QED) is 0.323. The Hall–Kier alpha value is -3.20. The number of nitrogens with zero attached hydrogens (tertiary/aromatic N) is 3. The van der Waals surface area contributed by atoms with Gasteiger partial charge < -0.3 is 20.3 Å². The molecule has 0 radical (unpaired) electrons. The normalized spacial score (nSPS) is 16.1. The number of nitrogens with one attached hydrogen (secondary N) is 2. The Labute approximate surface area is 209 Å². The molecule has 2 aromatic heterocycles. The molecule has 0 spiro atoms. The van der Waals surface area contributed by atoms with Gasteiger partial charge in [0.1, 0.15) is 5.01 Å². The maximum atomic E-state index is 12.6. The highest BCUT2D eigenvalue weighted by Crippen LogP contribution is 2.33. The molecule has 0 saturated carbocycles. The summed E-state index contributed by atoms with van der Waals surface area (Å²) in [5, 5.41) is 19.6. The molecular formula is C27H31N5O2S. The highest BCUT2D eigenvalue weighted by atomic mass is 32.1. The summed E-state index contributed by atoms with van der Waals surface area (Å²) >= 11 is 1.63. The van der Waals surface area contributed by atoms with Crippen LogP contribution in [-0.4, -0.2) is 44.8 Å². The molecule has 2 amide bonds. The summed E-state index contributed by atoms with van der Waals surface area (Å²) < 4.78 is 2.14. The van der Waals surface area contributed by atoms with Crippen LogP contribution in [0, 0.1) is 0 Å². The van der Waals surface area contributed by atoms with Gasteiger partial charge in [-0.25, -0.2) is 9.78 Å². The first-order valence-electron chi connectivity index (χ1n) is 12.2. The smallest absolute Gasteiger partial charge is 0.319 e. The van der Waals surface area contributed by atoms with Crippen molar-refractivity contribution in [3.05, 3.63) is 71.4 Å². The Kier molecular flexibility index (Phi) is 7.13. The number of urea groups is 1. The SMILES string of the molecule is CCn1cc(NC(=O)NCc2ccccc2)c2cc(-c3nc(CN4CCC[C@H]4CO)cs3)ccc21. The van der Waals surface area contributed by atoms with E-state index in [4.69, 9.17) is 4.98 Å². The van der Waals surface area contributed by atoms with Gasteiger partial charge in [-0.2, -0.15) is 0 Å². The molecule has 1 fully saturated rings. The fourth-order valence-electron chi connectivity index (χ4n) is 4.77. The number of aromatic nitrogens is 2. The number of anilines is 1. The van der Waals surface area contributed by atoms with E-state index in [2.05, 4.69) is 50.6 Å². The summed E-state index contributed by atoms with van der Waals surface area (Å²) in [4.78, 5) is 19.8. The van der Waals surface area contributed by atoms with Gasteiger partial charge in [0, 0.05) is 48.2 Å². The number of hydrogen-bond acceptors (Lipinski definition) is 5. The number of thiazole rings is 1. The summed E-state index contributed by atoms with van der Waals surface area (Å²) in [5.74, 6) is 0. The average Bonchev–Trinajstić information content (AvgIpc) is 3.62. The lowest BCUT2D eigenvalue weighted by Crippen LogP contribution is -2.31. The number of aliphatic hydroxyl groups excluding tert-OH is 1. The molecule has 0 bridgehead atoms. The van der Waals surface area contributed by atoms with E-state index in [1.807, 2.05) is 36.5 Å². The van der Waals surface area contributed by atoms with Crippen LogP contribution in [0.5, 0.6) is 0 Å². The van der Waals surface area contributed by atoms with Crippen LogP contribution in [-0.2, 0) is 19.6 Å². The van der Waals surface area contributed by atoms with Gasteiger partial charge >= 0.3 is 6.03 Å². The van der Waals surface area contributed by atoms with Gasteiger partial charge in [-0.15, -0.1) is 11.3 Å². The number of carbonyl (C=O) groups excluding carboxylic acids is 1. The van der Waals surface area contributed by atoms with Crippen molar-refractivity contribution in [3.63, 3.8) is 0 Å². The van der Waals surface area contributed by atoms with Crippen molar-refractivity contribution in [2.24, 2.45) is 0 Å². The van der Waals surface area contributed by atoms with Crippen LogP contribution in [0.4, 0.5) is 10.5 Å².